The molecule has 1 aliphatic rings. The van der Waals surface area contributed by atoms with E-state index in [1.165, 1.54) is 12.1 Å². The van der Waals surface area contributed by atoms with Crippen LogP contribution >= 0.6 is 0 Å². The molecule has 18 heavy (non-hydrogen) atoms. The van der Waals surface area contributed by atoms with Crippen LogP contribution in [0.25, 0.3) is 0 Å². The van der Waals surface area contributed by atoms with Crippen molar-refractivity contribution in [2.45, 2.75) is 25.4 Å². The third-order valence-electron chi connectivity index (χ3n) is 3.56. The van der Waals surface area contributed by atoms with E-state index in [1.54, 1.807) is 0 Å². The lowest BCUT2D eigenvalue weighted by atomic mass is 9.94. The normalized spacial score (nSPS) is 24.7. The van der Waals surface area contributed by atoms with Crippen LogP contribution in [0.1, 0.15) is 30.4 Å². The van der Waals surface area contributed by atoms with Crippen molar-refractivity contribution in [3.63, 3.8) is 0 Å². The van der Waals surface area contributed by atoms with E-state index in [1.807, 2.05) is 6.92 Å². The number of carboxylic acids is 1. The van der Waals surface area contributed by atoms with Gasteiger partial charge in [-0.2, -0.15) is 13.2 Å². The summed E-state index contributed by atoms with van der Waals surface area (Å²) in [4.78, 5) is 10.7. The van der Waals surface area contributed by atoms with Crippen molar-refractivity contribution >= 4 is 5.97 Å². The molecular weight excluding hydrogens is 245 g/mol. The van der Waals surface area contributed by atoms with Gasteiger partial charge in [0, 0.05) is 0 Å². The Labute approximate surface area is 102 Å². The molecule has 2 rings (SSSR count). The second-order valence-corrected chi connectivity index (χ2v) is 4.75. The Morgan fingerprint density at radius 3 is 2.28 bits per heavy atom. The van der Waals surface area contributed by atoms with Gasteiger partial charge in [-0.15, -0.1) is 0 Å². The third-order valence-corrected chi connectivity index (χ3v) is 3.56. The molecule has 2 nitrogen and oxygen atoms in total. The quantitative estimate of drug-likeness (QED) is 0.900. The van der Waals surface area contributed by atoms with E-state index in [-0.39, 0.29) is 17.8 Å². The van der Waals surface area contributed by atoms with Crippen molar-refractivity contribution in [1.29, 1.82) is 0 Å². The molecule has 0 heterocycles. The number of carbonyl (C=O) groups is 1. The van der Waals surface area contributed by atoms with Crippen LogP contribution < -0.4 is 0 Å². The van der Waals surface area contributed by atoms with E-state index in [2.05, 4.69) is 0 Å². The molecule has 0 aliphatic heterocycles. The molecule has 0 bridgehead atoms. The fraction of sp³-hybridized carbons (Fsp3) is 0.462. The zero-order chi connectivity index (χ0) is 13.5. The van der Waals surface area contributed by atoms with Crippen molar-refractivity contribution in [2.75, 3.05) is 0 Å². The van der Waals surface area contributed by atoms with Crippen molar-refractivity contribution in [3.05, 3.63) is 35.4 Å². The molecule has 1 fully saturated rings. The maximum absolute atomic E-state index is 12.4. The van der Waals surface area contributed by atoms with Gasteiger partial charge < -0.3 is 5.11 Å². The van der Waals surface area contributed by atoms with Crippen LogP contribution in [0.5, 0.6) is 0 Å². The first-order valence-corrected chi connectivity index (χ1v) is 5.70. The molecule has 1 unspecified atom stereocenters. The van der Waals surface area contributed by atoms with Gasteiger partial charge in [0.15, 0.2) is 0 Å². The van der Waals surface area contributed by atoms with Crippen LogP contribution in [0.3, 0.4) is 0 Å². The van der Waals surface area contributed by atoms with Crippen LogP contribution in [0, 0.1) is 11.8 Å². The molecule has 3 atom stereocenters. The van der Waals surface area contributed by atoms with Gasteiger partial charge in [0.2, 0.25) is 0 Å². The predicted octanol–water partition coefficient (Wildman–Crippen LogP) is 3.53. The minimum absolute atomic E-state index is 0.0200. The number of halogens is 3. The summed E-state index contributed by atoms with van der Waals surface area (Å²) in [5, 5.41) is 8.82. The Kier molecular flexibility index (Phi) is 3.09. The van der Waals surface area contributed by atoms with E-state index in [0.29, 0.717) is 6.42 Å². The van der Waals surface area contributed by atoms with E-state index >= 15 is 0 Å². The summed E-state index contributed by atoms with van der Waals surface area (Å²) in [6.45, 7) is 1.86. The number of hydrogen-bond acceptors (Lipinski definition) is 1. The minimum atomic E-state index is -4.33. The van der Waals surface area contributed by atoms with Gasteiger partial charge in [-0.25, -0.2) is 0 Å². The molecule has 0 aromatic heterocycles. The maximum Gasteiger partial charge on any atom is 0.416 e. The molecule has 1 N–H and O–H groups in total. The highest BCUT2D eigenvalue weighted by molar-refractivity contribution is 5.73. The first kappa shape index (κ1) is 12.9. The maximum atomic E-state index is 12.4. The Bertz CT molecular complexity index is 450. The fourth-order valence-corrected chi connectivity index (χ4v) is 2.27. The topological polar surface area (TPSA) is 37.3 Å². The highest BCUT2D eigenvalue weighted by Gasteiger charge is 2.46. The Balaban J connectivity index is 2.09. The smallest absolute Gasteiger partial charge is 0.416 e. The first-order chi connectivity index (χ1) is 8.30. The van der Waals surface area contributed by atoms with E-state index in [9.17, 15) is 18.0 Å². The molecule has 1 saturated carbocycles. The highest BCUT2D eigenvalue weighted by Crippen LogP contribution is 2.48. The van der Waals surface area contributed by atoms with Gasteiger partial charge in [0.25, 0.3) is 0 Å². The molecule has 1 aromatic carbocycles. The lowest BCUT2D eigenvalue weighted by molar-refractivity contribution is -0.139. The van der Waals surface area contributed by atoms with Gasteiger partial charge >= 0.3 is 12.1 Å². The summed E-state index contributed by atoms with van der Waals surface area (Å²) >= 11 is 0. The zero-order valence-electron chi connectivity index (χ0n) is 9.74. The van der Waals surface area contributed by atoms with Gasteiger partial charge in [0.1, 0.15) is 0 Å². The average molecular weight is 258 g/mol. The fourth-order valence-electron chi connectivity index (χ4n) is 2.27. The van der Waals surface area contributed by atoms with Crippen LogP contribution in [-0.4, -0.2) is 11.1 Å². The number of rotatable bonds is 3. The van der Waals surface area contributed by atoms with Gasteiger partial charge in [-0.05, 0) is 36.0 Å². The second kappa shape index (κ2) is 4.30. The van der Waals surface area contributed by atoms with E-state index in [0.717, 1.165) is 17.7 Å². The summed E-state index contributed by atoms with van der Waals surface area (Å²) in [6.07, 6.45) is -3.72. The third kappa shape index (κ3) is 2.49. The molecule has 1 aromatic rings. The summed E-state index contributed by atoms with van der Waals surface area (Å²) in [5.41, 5.74) is 0.0841. The lowest BCUT2D eigenvalue weighted by Crippen LogP contribution is -2.07. The number of carboxylic acid groups (broad SMARTS) is 1. The Hall–Kier alpha value is -1.52. The van der Waals surface area contributed by atoms with Crippen molar-refractivity contribution in [2.24, 2.45) is 11.8 Å². The van der Waals surface area contributed by atoms with E-state index in [4.69, 9.17) is 5.11 Å². The second-order valence-electron chi connectivity index (χ2n) is 4.75. The molecule has 0 amide bonds. The number of aliphatic carboxylic acids is 1. The van der Waals surface area contributed by atoms with Crippen LogP contribution in [0.4, 0.5) is 13.2 Å². The van der Waals surface area contributed by atoms with Gasteiger partial charge in [-0.1, -0.05) is 19.1 Å². The SMILES string of the molecule is CC(c1ccc(C(F)(F)F)cc1)[C@@H]1C[C@H]1C(=O)O. The molecule has 98 valence electrons. The zero-order valence-corrected chi connectivity index (χ0v) is 9.74. The number of alkyl halides is 3. The lowest BCUT2D eigenvalue weighted by Gasteiger charge is -2.13. The Morgan fingerprint density at radius 1 is 1.33 bits per heavy atom. The van der Waals surface area contributed by atoms with Crippen molar-refractivity contribution < 1.29 is 23.1 Å². The molecule has 0 saturated heterocycles. The standard InChI is InChI=1S/C13H13F3O2/c1-7(10-6-11(10)12(17)18)8-2-4-9(5-3-8)13(14,15)16/h2-5,7,10-11H,6H2,1H3,(H,17,18)/t7?,10-,11+/m0/s1. The summed E-state index contributed by atoms with van der Waals surface area (Å²) in [7, 11) is 0. The van der Waals surface area contributed by atoms with Crippen molar-refractivity contribution in [3.8, 4) is 0 Å². The summed E-state index contributed by atoms with van der Waals surface area (Å²) < 4.78 is 37.1. The largest absolute Gasteiger partial charge is 0.481 e. The van der Waals surface area contributed by atoms with E-state index < -0.39 is 17.7 Å². The molecular formula is C13H13F3O2. The van der Waals surface area contributed by atoms with Crippen LogP contribution in [0.15, 0.2) is 24.3 Å². The van der Waals surface area contributed by atoms with Crippen molar-refractivity contribution in [1.82, 2.24) is 0 Å². The van der Waals surface area contributed by atoms with Crippen LogP contribution in [-0.2, 0) is 11.0 Å². The van der Waals surface area contributed by atoms with Gasteiger partial charge in [0.05, 0.1) is 11.5 Å². The molecule has 1 aliphatic carbocycles. The number of benzene rings is 1. The molecule has 0 spiro atoms. The predicted molar refractivity (Wildman–Crippen MR) is 59.1 cm³/mol. The Morgan fingerprint density at radius 2 is 1.89 bits per heavy atom. The number of hydrogen-bond donors (Lipinski definition) is 1. The van der Waals surface area contributed by atoms with Gasteiger partial charge in [-0.3, -0.25) is 4.79 Å². The first-order valence-electron chi connectivity index (χ1n) is 5.70. The average Bonchev–Trinajstić information content (AvgIpc) is 3.07. The molecule has 0 radical (unpaired) electrons. The monoisotopic (exact) mass is 258 g/mol. The highest BCUT2D eigenvalue weighted by atomic mass is 19.4. The molecule has 5 heteroatoms. The minimum Gasteiger partial charge on any atom is -0.481 e. The summed E-state index contributed by atoms with van der Waals surface area (Å²) in [5.74, 6) is -1.14. The van der Waals surface area contributed by atoms with Crippen LogP contribution in [0.2, 0.25) is 0 Å². The summed E-state index contributed by atoms with van der Waals surface area (Å²) in [6, 6.07) is 4.96.